The van der Waals surface area contributed by atoms with Crippen molar-refractivity contribution in [1.82, 2.24) is 9.62 Å². The fraction of sp³-hybridized carbons (Fsp3) is 0.588. The fourth-order valence-electron chi connectivity index (χ4n) is 2.41. The van der Waals surface area contributed by atoms with Crippen LogP contribution in [0.4, 0.5) is 0 Å². The Morgan fingerprint density at radius 3 is 2.40 bits per heavy atom. The fourth-order valence-corrected chi connectivity index (χ4v) is 3.74. The van der Waals surface area contributed by atoms with Crippen LogP contribution >= 0.6 is 0 Å². The number of hydrogen-bond donors (Lipinski definition) is 1. The number of nitrogens with one attached hydrogen (secondary N) is 1. The molecule has 8 heteroatoms. The highest BCUT2D eigenvalue weighted by molar-refractivity contribution is 7.89. The Kier molecular flexibility index (Phi) is 6.80. The van der Waals surface area contributed by atoms with Gasteiger partial charge in [0.15, 0.2) is 6.10 Å². The molecule has 0 unspecified atom stereocenters. The van der Waals surface area contributed by atoms with Crippen molar-refractivity contribution in [3.63, 3.8) is 0 Å². The van der Waals surface area contributed by atoms with Crippen molar-refractivity contribution in [2.45, 2.75) is 44.2 Å². The monoisotopic (exact) mass is 370 g/mol. The lowest BCUT2D eigenvalue weighted by Crippen LogP contribution is -2.46. The summed E-state index contributed by atoms with van der Waals surface area (Å²) in [4.78, 5) is 14.2. The van der Waals surface area contributed by atoms with Crippen LogP contribution in [0.15, 0.2) is 29.2 Å². The normalized spacial score (nSPS) is 17.8. The topological polar surface area (TPSA) is 84.9 Å². The van der Waals surface area contributed by atoms with E-state index in [1.807, 2.05) is 13.8 Å². The Bertz CT molecular complexity index is 669. The zero-order chi connectivity index (χ0) is 18.4. The van der Waals surface area contributed by atoms with E-state index in [1.54, 1.807) is 24.0 Å². The van der Waals surface area contributed by atoms with E-state index in [1.165, 1.54) is 12.1 Å². The van der Waals surface area contributed by atoms with E-state index in [0.29, 0.717) is 38.5 Å². The molecular weight excluding hydrogens is 344 g/mol. The molecule has 140 valence electrons. The van der Waals surface area contributed by atoms with Gasteiger partial charge in [-0.3, -0.25) is 4.79 Å². The number of morpholine rings is 1. The minimum absolute atomic E-state index is 0.0987. The number of ether oxygens (including phenoxy) is 2. The molecule has 0 radical (unpaired) electrons. The molecule has 0 saturated carbocycles. The zero-order valence-electron chi connectivity index (χ0n) is 14.9. The lowest BCUT2D eigenvalue weighted by atomic mass is 10.3. The minimum Gasteiger partial charge on any atom is -0.481 e. The van der Waals surface area contributed by atoms with Crippen LogP contribution in [0, 0.1) is 0 Å². The van der Waals surface area contributed by atoms with E-state index in [2.05, 4.69) is 4.72 Å². The predicted molar refractivity (Wildman–Crippen MR) is 94.0 cm³/mol. The van der Waals surface area contributed by atoms with Gasteiger partial charge in [-0.1, -0.05) is 6.92 Å². The predicted octanol–water partition coefficient (Wildman–Crippen LogP) is 1.39. The summed E-state index contributed by atoms with van der Waals surface area (Å²) < 4.78 is 37.9. The number of sulfonamides is 1. The van der Waals surface area contributed by atoms with Crippen LogP contribution in [0.5, 0.6) is 5.75 Å². The molecule has 2 rings (SSSR count). The van der Waals surface area contributed by atoms with Gasteiger partial charge in [0.25, 0.3) is 5.91 Å². The maximum atomic E-state index is 12.3. The molecule has 1 aromatic carbocycles. The molecule has 1 N–H and O–H groups in total. The van der Waals surface area contributed by atoms with Crippen molar-refractivity contribution >= 4 is 15.9 Å². The summed E-state index contributed by atoms with van der Waals surface area (Å²) in [6, 6.07) is 5.95. The van der Waals surface area contributed by atoms with E-state index >= 15 is 0 Å². The maximum Gasteiger partial charge on any atom is 0.263 e. The van der Waals surface area contributed by atoms with Crippen LogP contribution in [0.3, 0.4) is 0 Å². The van der Waals surface area contributed by atoms with Crippen LogP contribution < -0.4 is 9.46 Å². The average molecular weight is 370 g/mol. The van der Waals surface area contributed by atoms with Gasteiger partial charge in [-0.05, 0) is 44.5 Å². The molecule has 1 saturated heterocycles. The Hall–Kier alpha value is -1.64. The number of rotatable bonds is 7. The standard InChI is InChI=1S/C17H26N2O5S/c1-4-13(2)18-25(21,22)16-7-5-15(6-8-16)24-14(3)17(20)19-9-11-23-12-10-19/h5-8,13-14,18H,4,9-12H2,1-3H3/t13-,14-/m0/s1. The number of benzene rings is 1. The van der Waals surface area contributed by atoms with Crippen molar-refractivity contribution in [2.24, 2.45) is 0 Å². The van der Waals surface area contributed by atoms with Crippen LogP contribution in [-0.4, -0.2) is 57.7 Å². The van der Waals surface area contributed by atoms with Gasteiger partial charge in [-0.15, -0.1) is 0 Å². The Balaban J connectivity index is 1.98. The molecule has 2 atom stereocenters. The molecule has 25 heavy (non-hydrogen) atoms. The van der Waals surface area contributed by atoms with Gasteiger partial charge in [0, 0.05) is 19.1 Å². The smallest absolute Gasteiger partial charge is 0.263 e. The van der Waals surface area contributed by atoms with Crippen molar-refractivity contribution < 1.29 is 22.7 Å². The maximum absolute atomic E-state index is 12.3. The highest BCUT2D eigenvalue weighted by Gasteiger charge is 2.24. The van der Waals surface area contributed by atoms with E-state index in [4.69, 9.17) is 9.47 Å². The van der Waals surface area contributed by atoms with E-state index in [-0.39, 0.29) is 16.8 Å². The molecule has 0 spiro atoms. The van der Waals surface area contributed by atoms with Gasteiger partial charge in [0.1, 0.15) is 5.75 Å². The number of carbonyl (C=O) groups excluding carboxylic acids is 1. The Morgan fingerprint density at radius 2 is 1.84 bits per heavy atom. The van der Waals surface area contributed by atoms with Crippen molar-refractivity contribution in [3.05, 3.63) is 24.3 Å². The van der Waals surface area contributed by atoms with Crippen LogP contribution in [0.25, 0.3) is 0 Å². The van der Waals surface area contributed by atoms with Gasteiger partial charge in [-0.25, -0.2) is 13.1 Å². The number of amides is 1. The zero-order valence-corrected chi connectivity index (χ0v) is 15.7. The molecule has 0 bridgehead atoms. The summed E-state index contributed by atoms with van der Waals surface area (Å²) in [5, 5.41) is 0. The highest BCUT2D eigenvalue weighted by atomic mass is 32.2. The SMILES string of the molecule is CC[C@H](C)NS(=O)(=O)c1ccc(O[C@@H](C)C(=O)N2CCOCC2)cc1. The molecule has 1 heterocycles. The summed E-state index contributed by atoms with van der Waals surface area (Å²) in [6.45, 7) is 7.61. The van der Waals surface area contributed by atoms with E-state index in [0.717, 1.165) is 0 Å². The summed E-state index contributed by atoms with van der Waals surface area (Å²) in [5.74, 6) is 0.357. The van der Waals surface area contributed by atoms with Crippen molar-refractivity contribution in [1.29, 1.82) is 0 Å². The molecule has 1 aromatic rings. The lowest BCUT2D eigenvalue weighted by Gasteiger charge is -2.29. The number of hydrogen-bond acceptors (Lipinski definition) is 5. The third kappa shape index (κ3) is 5.42. The molecule has 1 aliphatic heterocycles. The van der Waals surface area contributed by atoms with Crippen LogP contribution in [-0.2, 0) is 19.6 Å². The van der Waals surface area contributed by atoms with E-state index in [9.17, 15) is 13.2 Å². The Labute approximate surface area is 149 Å². The Morgan fingerprint density at radius 1 is 1.24 bits per heavy atom. The second-order valence-electron chi connectivity index (χ2n) is 6.10. The molecule has 0 aliphatic carbocycles. The minimum atomic E-state index is -3.54. The first kappa shape index (κ1) is 19.7. The first-order valence-electron chi connectivity index (χ1n) is 8.49. The average Bonchev–Trinajstić information content (AvgIpc) is 2.61. The third-order valence-electron chi connectivity index (χ3n) is 4.09. The van der Waals surface area contributed by atoms with Crippen LogP contribution in [0.2, 0.25) is 0 Å². The second kappa shape index (κ2) is 8.64. The molecule has 1 amide bonds. The molecule has 1 aliphatic rings. The van der Waals surface area contributed by atoms with Gasteiger partial charge in [0.05, 0.1) is 18.1 Å². The molecule has 0 aromatic heterocycles. The van der Waals surface area contributed by atoms with Gasteiger partial charge in [-0.2, -0.15) is 0 Å². The van der Waals surface area contributed by atoms with Crippen LogP contribution in [0.1, 0.15) is 27.2 Å². The largest absolute Gasteiger partial charge is 0.481 e. The van der Waals surface area contributed by atoms with Gasteiger partial charge >= 0.3 is 0 Å². The van der Waals surface area contributed by atoms with Crippen molar-refractivity contribution in [3.8, 4) is 5.75 Å². The second-order valence-corrected chi connectivity index (χ2v) is 7.81. The van der Waals surface area contributed by atoms with Crippen molar-refractivity contribution in [2.75, 3.05) is 26.3 Å². The first-order chi connectivity index (χ1) is 11.8. The lowest BCUT2D eigenvalue weighted by molar-refractivity contribution is -0.142. The third-order valence-corrected chi connectivity index (χ3v) is 5.69. The number of carbonyl (C=O) groups is 1. The summed E-state index contributed by atoms with van der Waals surface area (Å²) in [6.07, 6.45) is 0.0699. The van der Waals surface area contributed by atoms with E-state index < -0.39 is 16.1 Å². The van der Waals surface area contributed by atoms with Gasteiger partial charge in [0.2, 0.25) is 10.0 Å². The number of nitrogens with zero attached hydrogens (tertiary/aromatic N) is 1. The molecular formula is C17H26N2O5S. The molecule has 1 fully saturated rings. The van der Waals surface area contributed by atoms with Gasteiger partial charge < -0.3 is 14.4 Å². The highest BCUT2D eigenvalue weighted by Crippen LogP contribution is 2.18. The molecule has 7 nitrogen and oxygen atoms in total. The quantitative estimate of drug-likeness (QED) is 0.784. The first-order valence-corrected chi connectivity index (χ1v) is 9.97. The summed E-state index contributed by atoms with van der Waals surface area (Å²) in [5.41, 5.74) is 0. The summed E-state index contributed by atoms with van der Waals surface area (Å²) in [7, 11) is -3.54. The summed E-state index contributed by atoms with van der Waals surface area (Å²) >= 11 is 0.